The second-order valence-corrected chi connectivity index (χ2v) is 6.58. The summed E-state index contributed by atoms with van der Waals surface area (Å²) in [7, 11) is 1.39. The average Bonchev–Trinajstić information content (AvgIpc) is 2.75. The molecular weight excluding hydrogens is 404 g/mol. The largest absolute Gasteiger partial charge is 0.504 e. The number of hydrogen-bond donors (Lipinski definition) is 6. The Morgan fingerprint density at radius 1 is 1.20 bits per heavy atom. The molecule has 1 aliphatic rings. The number of phenols is 1. The second kappa shape index (κ2) is 11.2. The number of phenolic OH excluding ortho intramolecular Hbond substituents is 1. The number of methoxy groups -OCH3 is 1. The minimum absolute atomic E-state index is 0.0419. The summed E-state index contributed by atoms with van der Waals surface area (Å²) in [5, 5.41) is 57.7. The van der Waals surface area contributed by atoms with Crippen molar-refractivity contribution in [3.05, 3.63) is 29.8 Å². The van der Waals surface area contributed by atoms with Gasteiger partial charge in [-0.05, 0) is 23.8 Å². The maximum Gasteiger partial charge on any atom is 0.330 e. The van der Waals surface area contributed by atoms with Crippen LogP contribution >= 0.6 is 0 Å². The van der Waals surface area contributed by atoms with Gasteiger partial charge in [0.15, 0.2) is 17.8 Å². The summed E-state index contributed by atoms with van der Waals surface area (Å²) >= 11 is 0. The van der Waals surface area contributed by atoms with Gasteiger partial charge in [-0.2, -0.15) is 0 Å². The van der Waals surface area contributed by atoms with Crippen LogP contribution in [0.15, 0.2) is 24.3 Å². The summed E-state index contributed by atoms with van der Waals surface area (Å²) in [5.41, 5.74) is 0.577. The molecule has 0 bridgehead atoms. The van der Waals surface area contributed by atoms with E-state index in [2.05, 4.69) is 0 Å². The third kappa shape index (κ3) is 6.37. The third-order valence-electron chi connectivity index (χ3n) is 4.33. The molecule has 6 atom stereocenters. The van der Waals surface area contributed by atoms with Crippen LogP contribution < -0.4 is 4.74 Å². The number of rotatable bonds is 9. The molecule has 0 aromatic heterocycles. The topological polar surface area (TPSA) is 175 Å². The van der Waals surface area contributed by atoms with Gasteiger partial charge in [-0.3, -0.25) is 0 Å². The summed E-state index contributed by atoms with van der Waals surface area (Å²) < 4.78 is 20.1. The van der Waals surface area contributed by atoms with Gasteiger partial charge < -0.3 is 49.6 Å². The smallest absolute Gasteiger partial charge is 0.330 e. The zero-order valence-electron chi connectivity index (χ0n) is 16.2. The van der Waals surface area contributed by atoms with Crippen LogP contribution in [-0.2, 0) is 19.0 Å². The van der Waals surface area contributed by atoms with Gasteiger partial charge in [-0.25, -0.2) is 4.79 Å². The van der Waals surface area contributed by atoms with E-state index in [1.807, 2.05) is 0 Å². The zero-order chi connectivity index (χ0) is 22.3. The van der Waals surface area contributed by atoms with Crippen LogP contribution in [0.25, 0.3) is 6.08 Å². The summed E-state index contributed by atoms with van der Waals surface area (Å²) in [6, 6.07) is 4.48. The number of benzene rings is 1. The number of ether oxygens (including phenoxy) is 4. The van der Waals surface area contributed by atoms with Crippen LogP contribution in [0.2, 0.25) is 0 Å². The molecule has 0 saturated carbocycles. The molecule has 11 heteroatoms. The number of aliphatic hydroxyl groups excluding tert-OH is 5. The Bertz CT molecular complexity index is 720. The molecule has 1 fully saturated rings. The molecule has 1 aromatic rings. The molecular formula is C19H26O11. The summed E-state index contributed by atoms with van der Waals surface area (Å²) in [4.78, 5) is 11.8. The van der Waals surface area contributed by atoms with Crippen molar-refractivity contribution in [3.63, 3.8) is 0 Å². The van der Waals surface area contributed by atoms with Crippen molar-refractivity contribution in [2.45, 2.75) is 36.8 Å². The Labute approximate surface area is 172 Å². The van der Waals surface area contributed by atoms with Crippen molar-refractivity contribution in [2.24, 2.45) is 0 Å². The monoisotopic (exact) mass is 430 g/mol. The number of carbonyl (C=O) groups is 1. The molecule has 1 heterocycles. The number of esters is 1. The fraction of sp³-hybridized carbons (Fsp3) is 0.526. The number of aliphatic hydroxyl groups is 5. The first kappa shape index (κ1) is 24.0. The Balaban J connectivity index is 1.77. The zero-order valence-corrected chi connectivity index (χ0v) is 16.2. The van der Waals surface area contributed by atoms with Crippen LogP contribution in [-0.4, -0.2) is 100 Å². The standard InChI is InChI=1S/C19H26O11/c1-27-13-6-10(2-4-12(13)22)3-5-15(23)28-8-11(21)9-29-19-18(26)17(25)16(24)14(7-20)30-19/h2-6,11,14,16-22,24-26H,7-9H2,1H3/b5-3+/t11-,14+,16+,17-,18+,19+/m0/s1. The van der Waals surface area contributed by atoms with Crippen LogP contribution in [0.4, 0.5) is 0 Å². The normalized spacial score (nSPS) is 27.7. The first-order valence-electron chi connectivity index (χ1n) is 9.08. The molecule has 0 aliphatic carbocycles. The molecule has 1 aromatic carbocycles. The quantitative estimate of drug-likeness (QED) is 0.191. The van der Waals surface area contributed by atoms with Crippen molar-refractivity contribution in [2.75, 3.05) is 26.9 Å². The van der Waals surface area contributed by atoms with E-state index in [-0.39, 0.29) is 11.5 Å². The van der Waals surface area contributed by atoms with Gasteiger partial charge in [0.2, 0.25) is 0 Å². The molecule has 168 valence electrons. The van der Waals surface area contributed by atoms with Gasteiger partial charge in [0.25, 0.3) is 0 Å². The van der Waals surface area contributed by atoms with Crippen molar-refractivity contribution >= 4 is 12.0 Å². The summed E-state index contributed by atoms with van der Waals surface area (Å²) in [6.07, 6.45) is -5.94. The van der Waals surface area contributed by atoms with Crippen molar-refractivity contribution < 1.29 is 54.4 Å². The molecule has 6 N–H and O–H groups in total. The lowest BCUT2D eigenvalue weighted by Gasteiger charge is -2.39. The highest BCUT2D eigenvalue weighted by Crippen LogP contribution is 2.26. The van der Waals surface area contributed by atoms with Crippen LogP contribution in [0.3, 0.4) is 0 Å². The van der Waals surface area contributed by atoms with E-state index in [9.17, 15) is 30.3 Å². The molecule has 30 heavy (non-hydrogen) atoms. The summed E-state index contributed by atoms with van der Waals surface area (Å²) in [5.74, 6) is -0.542. The van der Waals surface area contributed by atoms with Crippen LogP contribution in [0.5, 0.6) is 11.5 Å². The lowest BCUT2D eigenvalue weighted by Crippen LogP contribution is -2.59. The van der Waals surface area contributed by atoms with Gasteiger partial charge in [-0.1, -0.05) is 6.07 Å². The lowest BCUT2D eigenvalue weighted by molar-refractivity contribution is -0.304. The van der Waals surface area contributed by atoms with E-state index in [1.54, 1.807) is 6.07 Å². The predicted octanol–water partition coefficient (Wildman–Crippen LogP) is -1.87. The Kier molecular flexibility index (Phi) is 8.99. The number of hydrogen-bond acceptors (Lipinski definition) is 11. The van der Waals surface area contributed by atoms with E-state index in [1.165, 1.54) is 25.3 Å². The van der Waals surface area contributed by atoms with Crippen LogP contribution in [0, 0.1) is 0 Å². The maximum absolute atomic E-state index is 11.8. The van der Waals surface area contributed by atoms with Gasteiger partial charge in [-0.15, -0.1) is 0 Å². The van der Waals surface area contributed by atoms with E-state index < -0.39 is 62.6 Å². The Morgan fingerprint density at radius 2 is 1.93 bits per heavy atom. The Morgan fingerprint density at radius 3 is 2.60 bits per heavy atom. The number of carbonyl (C=O) groups excluding carboxylic acids is 1. The van der Waals surface area contributed by atoms with Crippen molar-refractivity contribution in [1.82, 2.24) is 0 Å². The first-order valence-corrected chi connectivity index (χ1v) is 9.08. The Hall–Kier alpha value is -2.25. The van der Waals surface area contributed by atoms with E-state index >= 15 is 0 Å². The summed E-state index contributed by atoms with van der Waals surface area (Å²) in [6.45, 7) is -1.43. The fourth-order valence-corrected chi connectivity index (χ4v) is 2.65. The fourth-order valence-electron chi connectivity index (χ4n) is 2.65. The molecule has 0 spiro atoms. The third-order valence-corrected chi connectivity index (χ3v) is 4.33. The number of aromatic hydroxyl groups is 1. The molecule has 11 nitrogen and oxygen atoms in total. The van der Waals surface area contributed by atoms with Gasteiger partial charge >= 0.3 is 5.97 Å². The van der Waals surface area contributed by atoms with Gasteiger partial charge in [0.05, 0.1) is 20.3 Å². The second-order valence-electron chi connectivity index (χ2n) is 6.58. The highest BCUT2D eigenvalue weighted by molar-refractivity contribution is 5.87. The van der Waals surface area contributed by atoms with Crippen LogP contribution in [0.1, 0.15) is 5.56 Å². The minimum atomic E-state index is -1.60. The molecule has 1 saturated heterocycles. The SMILES string of the molecule is COc1cc(/C=C/C(=O)OC[C@H](O)CO[C@@H]2O[C@H](CO)[C@@H](O)[C@H](O)[C@H]2O)ccc1O. The van der Waals surface area contributed by atoms with Gasteiger partial charge in [0.1, 0.15) is 37.1 Å². The van der Waals surface area contributed by atoms with E-state index in [4.69, 9.17) is 24.1 Å². The molecule has 0 unspecified atom stereocenters. The van der Waals surface area contributed by atoms with Crippen molar-refractivity contribution in [3.8, 4) is 11.5 Å². The maximum atomic E-state index is 11.8. The lowest BCUT2D eigenvalue weighted by atomic mass is 9.99. The van der Waals surface area contributed by atoms with Crippen molar-refractivity contribution in [1.29, 1.82) is 0 Å². The predicted molar refractivity (Wildman–Crippen MR) is 100 cm³/mol. The van der Waals surface area contributed by atoms with E-state index in [0.717, 1.165) is 6.08 Å². The highest BCUT2D eigenvalue weighted by Gasteiger charge is 2.44. The molecule has 0 radical (unpaired) electrons. The average molecular weight is 430 g/mol. The molecule has 0 amide bonds. The highest BCUT2D eigenvalue weighted by atomic mass is 16.7. The first-order chi connectivity index (χ1) is 14.3. The van der Waals surface area contributed by atoms with Gasteiger partial charge in [0, 0.05) is 6.08 Å². The van der Waals surface area contributed by atoms with E-state index in [0.29, 0.717) is 5.56 Å². The molecule has 1 aliphatic heterocycles. The minimum Gasteiger partial charge on any atom is -0.504 e. The molecule has 2 rings (SSSR count).